The maximum atomic E-state index is 12.7. The Kier molecular flexibility index (Phi) is 7.08. The first-order chi connectivity index (χ1) is 15.4. The molecular formula is C23H20Cl2N2O4S. The Balaban J connectivity index is 1.37. The van der Waals surface area contributed by atoms with Crippen LogP contribution in [0.5, 0.6) is 5.75 Å². The molecule has 32 heavy (non-hydrogen) atoms. The van der Waals surface area contributed by atoms with Crippen LogP contribution < -0.4 is 4.74 Å². The van der Waals surface area contributed by atoms with E-state index >= 15 is 0 Å². The van der Waals surface area contributed by atoms with Crippen LogP contribution >= 0.6 is 35.0 Å². The minimum absolute atomic E-state index is 0.187. The zero-order chi connectivity index (χ0) is 22.7. The maximum absolute atomic E-state index is 12.7. The van der Waals surface area contributed by atoms with Crippen LogP contribution in [-0.2, 0) is 16.2 Å². The lowest BCUT2D eigenvalue weighted by atomic mass is 10.2. The number of imide groups is 1. The monoisotopic (exact) mass is 490 g/mol. The summed E-state index contributed by atoms with van der Waals surface area (Å²) < 4.78 is 5.76. The van der Waals surface area contributed by atoms with E-state index < -0.39 is 11.1 Å². The maximum Gasteiger partial charge on any atom is 0.294 e. The van der Waals surface area contributed by atoms with Crippen LogP contribution in [0.1, 0.15) is 24.0 Å². The molecule has 166 valence electrons. The number of rotatable bonds is 6. The average molecular weight is 491 g/mol. The molecule has 0 bridgehead atoms. The molecule has 0 radical (unpaired) electrons. The van der Waals surface area contributed by atoms with Crippen molar-refractivity contribution in [2.45, 2.75) is 19.4 Å². The minimum atomic E-state index is -0.440. The van der Waals surface area contributed by atoms with Crippen LogP contribution in [0, 0.1) is 0 Å². The normalized spacial score (nSPS) is 17.5. The number of carbonyl (C=O) groups is 3. The van der Waals surface area contributed by atoms with Crippen LogP contribution in [0.3, 0.4) is 0 Å². The van der Waals surface area contributed by atoms with E-state index in [0.29, 0.717) is 40.4 Å². The number of thioether (sulfide) groups is 1. The van der Waals surface area contributed by atoms with E-state index in [0.717, 1.165) is 40.6 Å². The van der Waals surface area contributed by atoms with Crippen LogP contribution in [0.4, 0.5) is 4.79 Å². The Bertz CT molecular complexity index is 1080. The van der Waals surface area contributed by atoms with Gasteiger partial charge in [-0.15, -0.1) is 0 Å². The van der Waals surface area contributed by atoms with Crippen molar-refractivity contribution in [2.75, 3.05) is 19.6 Å². The summed E-state index contributed by atoms with van der Waals surface area (Å²) in [4.78, 5) is 40.3. The quantitative estimate of drug-likeness (QED) is 0.518. The van der Waals surface area contributed by atoms with E-state index in [2.05, 4.69) is 0 Å². The highest BCUT2D eigenvalue weighted by molar-refractivity contribution is 8.18. The van der Waals surface area contributed by atoms with Gasteiger partial charge in [0.2, 0.25) is 5.91 Å². The third-order valence-electron chi connectivity index (χ3n) is 5.21. The molecule has 0 saturated carbocycles. The predicted molar refractivity (Wildman–Crippen MR) is 126 cm³/mol. The van der Waals surface area contributed by atoms with Gasteiger partial charge in [0.15, 0.2) is 0 Å². The number of carbonyl (C=O) groups excluding carboxylic acids is 3. The average Bonchev–Trinajstić information content (AvgIpc) is 3.39. The molecule has 2 aromatic carbocycles. The third-order valence-corrected chi connectivity index (χ3v) is 6.71. The lowest BCUT2D eigenvalue weighted by Crippen LogP contribution is -2.40. The second kappa shape index (κ2) is 9.98. The largest absolute Gasteiger partial charge is 0.489 e. The van der Waals surface area contributed by atoms with Crippen molar-refractivity contribution in [2.24, 2.45) is 0 Å². The van der Waals surface area contributed by atoms with Crippen LogP contribution in [0.2, 0.25) is 10.0 Å². The first-order valence-electron chi connectivity index (χ1n) is 10.1. The highest BCUT2D eigenvalue weighted by atomic mass is 35.5. The number of benzene rings is 2. The fourth-order valence-electron chi connectivity index (χ4n) is 3.45. The summed E-state index contributed by atoms with van der Waals surface area (Å²) in [6.07, 6.45) is 3.56. The van der Waals surface area contributed by atoms with Crippen molar-refractivity contribution in [3.8, 4) is 5.75 Å². The molecule has 3 amide bonds. The zero-order valence-corrected chi connectivity index (χ0v) is 19.4. The summed E-state index contributed by atoms with van der Waals surface area (Å²) in [6, 6.07) is 12.4. The Morgan fingerprint density at radius 1 is 1.06 bits per heavy atom. The Hall–Kier alpha value is -2.48. The molecular weight excluding hydrogens is 471 g/mol. The molecule has 4 rings (SSSR count). The van der Waals surface area contributed by atoms with Gasteiger partial charge in [-0.05, 0) is 60.5 Å². The molecule has 0 N–H and O–H groups in total. The van der Waals surface area contributed by atoms with E-state index in [1.54, 1.807) is 47.4 Å². The zero-order valence-electron chi connectivity index (χ0n) is 17.1. The van der Waals surface area contributed by atoms with Gasteiger partial charge >= 0.3 is 0 Å². The van der Waals surface area contributed by atoms with E-state index in [9.17, 15) is 14.4 Å². The number of halogens is 2. The molecule has 9 heteroatoms. The summed E-state index contributed by atoms with van der Waals surface area (Å²) in [5.41, 5.74) is 1.57. The van der Waals surface area contributed by atoms with Crippen molar-refractivity contribution < 1.29 is 19.1 Å². The highest BCUT2D eigenvalue weighted by Crippen LogP contribution is 2.32. The molecule has 6 nitrogen and oxygen atoms in total. The second-order valence-electron chi connectivity index (χ2n) is 7.45. The van der Waals surface area contributed by atoms with Crippen LogP contribution in [0.25, 0.3) is 6.08 Å². The van der Waals surface area contributed by atoms with Gasteiger partial charge in [0.25, 0.3) is 11.1 Å². The lowest BCUT2D eigenvalue weighted by molar-refractivity contribution is -0.135. The summed E-state index contributed by atoms with van der Waals surface area (Å²) >= 11 is 12.9. The topological polar surface area (TPSA) is 66.9 Å². The molecule has 2 heterocycles. The van der Waals surface area contributed by atoms with Crippen molar-refractivity contribution >= 4 is 58.1 Å². The smallest absolute Gasteiger partial charge is 0.294 e. The molecule has 2 aliphatic heterocycles. The standard InChI is InChI=1S/C23H20Cl2N2O4S/c24-17-6-5-16(19(25)12-17)14-31-18-7-3-15(4-8-18)11-20-22(29)27(23(30)32-20)13-21(28)26-9-1-2-10-26/h3-8,11-12H,1-2,9-10,13-14H2/b20-11-. The Labute approximate surface area is 200 Å². The predicted octanol–water partition coefficient (Wildman–Crippen LogP) is 5.23. The molecule has 2 saturated heterocycles. The van der Waals surface area contributed by atoms with E-state index in [1.807, 2.05) is 6.07 Å². The first kappa shape index (κ1) is 22.7. The summed E-state index contributed by atoms with van der Waals surface area (Å²) in [7, 11) is 0. The molecule has 2 aliphatic rings. The second-order valence-corrected chi connectivity index (χ2v) is 9.29. The van der Waals surface area contributed by atoms with E-state index in [1.165, 1.54) is 0 Å². The molecule has 2 aromatic rings. The van der Waals surface area contributed by atoms with Gasteiger partial charge in [-0.3, -0.25) is 19.3 Å². The number of hydrogen-bond donors (Lipinski definition) is 0. The van der Waals surface area contributed by atoms with Gasteiger partial charge in [0.05, 0.1) is 4.91 Å². The van der Waals surface area contributed by atoms with Crippen molar-refractivity contribution in [3.63, 3.8) is 0 Å². The van der Waals surface area contributed by atoms with Crippen molar-refractivity contribution in [3.05, 3.63) is 68.5 Å². The fraction of sp³-hybridized carbons (Fsp3) is 0.261. The summed E-state index contributed by atoms with van der Waals surface area (Å²) in [5, 5.41) is 0.676. The van der Waals surface area contributed by atoms with Gasteiger partial charge in [-0.1, -0.05) is 41.4 Å². The lowest BCUT2D eigenvalue weighted by Gasteiger charge is -2.18. The Morgan fingerprint density at radius 2 is 1.78 bits per heavy atom. The van der Waals surface area contributed by atoms with E-state index in [-0.39, 0.29) is 12.5 Å². The van der Waals surface area contributed by atoms with Gasteiger partial charge in [0, 0.05) is 28.7 Å². The highest BCUT2D eigenvalue weighted by Gasteiger charge is 2.37. The fourth-order valence-corrected chi connectivity index (χ4v) is 4.75. The third kappa shape index (κ3) is 5.28. The first-order valence-corrected chi connectivity index (χ1v) is 11.7. The van der Waals surface area contributed by atoms with Crippen LogP contribution in [-0.4, -0.2) is 46.5 Å². The molecule has 2 fully saturated rings. The molecule has 0 aromatic heterocycles. The SMILES string of the molecule is O=C(CN1C(=O)S/C(=C\c2ccc(OCc3ccc(Cl)cc3Cl)cc2)C1=O)N1CCCC1. The van der Waals surface area contributed by atoms with Crippen LogP contribution in [0.15, 0.2) is 47.4 Å². The number of likely N-dealkylation sites (tertiary alicyclic amines) is 1. The summed E-state index contributed by atoms with van der Waals surface area (Å²) in [6.45, 7) is 1.45. The Morgan fingerprint density at radius 3 is 2.47 bits per heavy atom. The number of amides is 3. The summed E-state index contributed by atoms with van der Waals surface area (Å²) in [5.74, 6) is 0.0103. The molecule has 0 aliphatic carbocycles. The molecule has 0 unspecified atom stereocenters. The van der Waals surface area contributed by atoms with E-state index in [4.69, 9.17) is 27.9 Å². The van der Waals surface area contributed by atoms with Gasteiger partial charge in [0.1, 0.15) is 18.9 Å². The number of hydrogen-bond acceptors (Lipinski definition) is 5. The van der Waals surface area contributed by atoms with Gasteiger partial charge in [-0.25, -0.2) is 0 Å². The molecule has 0 spiro atoms. The van der Waals surface area contributed by atoms with Gasteiger partial charge in [-0.2, -0.15) is 0 Å². The number of nitrogens with zero attached hydrogens (tertiary/aromatic N) is 2. The number of ether oxygens (including phenoxy) is 1. The van der Waals surface area contributed by atoms with Gasteiger partial charge < -0.3 is 9.64 Å². The minimum Gasteiger partial charge on any atom is -0.489 e. The van der Waals surface area contributed by atoms with Crippen molar-refractivity contribution in [1.29, 1.82) is 0 Å². The van der Waals surface area contributed by atoms with Crippen molar-refractivity contribution in [1.82, 2.24) is 9.80 Å². The molecule has 0 atom stereocenters.